The van der Waals surface area contributed by atoms with Crippen LogP contribution in [0.2, 0.25) is 0 Å². The molecule has 1 saturated heterocycles. The number of hydrogen-bond donors (Lipinski definition) is 2. The van der Waals surface area contributed by atoms with Gasteiger partial charge in [-0.25, -0.2) is 4.79 Å². The third-order valence-electron chi connectivity index (χ3n) is 5.21. The first kappa shape index (κ1) is 19.1. The minimum Gasteiger partial charge on any atom is -0.478 e. The number of hydrogen-bond acceptors (Lipinski definition) is 3. The molecular weight excluding hydrogens is 340 g/mol. The summed E-state index contributed by atoms with van der Waals surface area (Å²) < 4.78 is 0. The molecule has 0 bridgehead atoms. The second-order valence-electron chi connectivity index (χ2n) is 7.09. The molecule has 2 unspecified atom stereocenters. The molecule has 5 heteroatoms. The number of rotatable bonds is 7. The molecule has 1 aliphatic rings. The minimum absolute atomic E-state index is 0.115. The molecule has 3 rings (SSSR count). The van der Waals surface area contributed by atoms with E-state index in [0.717, 1.165) is 25.2 Å². The SMILES string of the molecule is CC(C(=O)NC(CN1CCCC1)c1ccccc1)c1ccccc1C(=O)O. The number of benzene rings is 2. The van der Waals surface area contributed by atoms with Gasteiger partial charge in [0.05, 0.1) is 17.5 Å². The summed E-state index contributed by atoms with van der Waals surface area (Å²) in [6.07, 6.45) is 2.38. The van der Waals surface area contributed by atoms with E-state index in [0.29, 0.717) is 5.56 Å². The highest BCUT2D eigenvalue weighted by atomic mass is 16.4. The summed E-state index contributed by atoms with van der Waals surface area (Å²) in [5.74, 6) is -1.71. The van der Waals surface area contributed by atoms with Crippen LogP contribution >= 0.6 is 0 Å². The first-order valence-electron chi connectivity index (χ1n) is 9.46. The smallest absolute Gasteiger partial charge is 0.335 e. The van der Waals surface area contributed by atoms with E-state index in [-0.39, 0.29) is 17.5 Å². The van der Waals surface area contributed by atoms with Crippen molar-refractivity contribution < 1.29 is 14.7 Å². The molecule has 1 fully saturated rings. The van der Waals surface area contributed by atoms with Gasteiger partial charge in [-0.05, 0) is 50.0 Å². The summed E-state index contributed by atoms with van der Waals surface area (Å²) in [5.41, 5.74) is 1.78. The first-order valence-corrected chi connectivity index (χ1v) is 9.46. The van der Waals surface area contributed by atoms with Crippen LogP contribution in [0.5, 0.6) is 0 Å². The van der Waals surface area contributed by atoms with Gasteiger partial charge in [-0.1, -0.05) is 48.5 Å². The van der Waals surface area contributed by atoms with Gasteiger partial charge in [0.15, 0.2) is 0 Å². The van der Waals surface area contributed by atoms with Gasteiger partial charge in [0.25, 0.3) is 0 Å². The first-order chi connectivity index (χ1) is 13.1. The lowest BCUT2D eigenvalue weighted by Gasteiger charge is -2.26. The Balaban J connectivity index is 1.78. The van der Waals surface area contributed by atoms with E-state index in [2.05, 4.69) is 10.2 Å². The van der Waals surface area contributed by atoms with Gasteiger partial charge in [-0.2, -0.15) is 0 Å². The Kier molecular flexibility index (Phi) is 6.24. The fourth-order valence-corrected chi connectivity index (χ4v) is 3.65. The van der Waals surface area contributed by atoms with Crippen molar-refractivity contribution in [3.05, 3.63) is 71.3 Å². The Morgan fingerprint density at radius 1 is 1.04 bits per heavy atom. The maximum atomic E-state index is 13.0. The van der Waals surface area contributed by atoms with Gasteiger partial charge in [0.2, 0.25) is 5.91 Å². The molecule has 0 aromatic heterocycles. The van der Waals surface area contributed by atoms with Crippen LogP contribution in [0.4, 0.5) is 0 Å². The van der Waals surface area contributed by atoms with Crippen LogP contribution in [0, 0.1) is 0 Å². The highest BCUT2D eigenvalue weighted by molar-refractivity contribution is 5.93. The van der Waals surface area contributed by atoms with Crippen LogP contribution in [-0.4, -0.2) is 41.5 Å². The molecule has 2 N–H and O–H groups in total. The number of carbonyl (C=O) groups is 2. The predicted octanol–water partition coefficient (Wildman–Crippen LogP) is 3.44. The molecule has 1 amide bonds. The molecule has 5 nitrogen and oxygen atoms in total. The minimum atomic E-state index is -1.01. The van der Waals surface area contributed by atoms with Crippen LogP contribution in [0.3, 0.4) is 0 Å². The van der Waals surface area contributed by atoms with Gasteiger partial charge in [0.1, 0.15) is 0 Å². The number of carboxylic acids is 1. The van der Waals surface area contributed by atoms with Crippen molar-refractivity contribution in [2.24, 2.45) is 0 Å². The van der Waals surface area contributed by atoms with Crippen molar-refractivity contribution in [3.8, 4) is 0 Å². The zero-order chi connectivity index (χ0) is 19.2. The average molecular weight is 366 g/mol. The van der Waals surface area contributed by atoms with Crippen LogP contribution in [0.1, 0.15) is 53.2 Å². The van der Waals surface area contributed by atoms with E-state index < -0.39 is 11.9 Å². The fraction of sp³-hybridized carbons (Fsp3) is 0.364. The number of carboxylic acid groups (broad SMARTS) is 1. The Bertz CT molecular complexity index is 785. The monoisotopic (exact) mass is 366 g/mol. The molecule has 1 aliphatic heterocycles. The van der Waals surface area contributed by atoms with Crippen LogP contribution < -0.4 is 5.32 Å². The van der Waals surface area contributed by atoms with Crippen molar-refractivity contribution in [1.82, 2.24) is 10.2 Å². The standard InChI is InChI=1S/C22H26N2O3/c1-16(18-11-5-6-12-19(18)22(26)27)21(25)23-20(15-24-13-7-8-14-24)17-9-3-2-4-10-17/h2-6,9-12,16,20H,7-8,13-15H2,1H3,(H,23,25)(H,26,27). The lowest BCUT2D eigenvalue weighted by molar-refractivity contribution is -0.123. The summed E-state index contributed by atoms with van der Waals surface area (Å²) in [6, 6.07) is 16.5. The number of nitrogens with one attached hydrogen (secondary N) is 1. The summed E-state index contributed by atoms with van der Waals surface area (Å²) >= 11 is 0. The summed E-state index contributed by atoms with van der Waals surface area (Å²) in [7, 11) is 0. The molecule has 2 aromatic carbocycles. The third-order valence-corrected chi connectivity index (χ3v) is 5.21. The van der Waals surface area contributed by atoms with Crippen molar-refractivity contribution in [2.45, 2.75) is 31.7 Å². The van der Waals surface area contributed by atoms with Crippen LogP contribution in [-0.2, 0) is 4.79 Å². The number of likely N-dealkylation sites (tertiary alicyclic amines) is 1. The summed E-state index contributed by atoms with van der Waals surface area (Å²) in [6.45, 7) is 4.63. The topological polar surface area (TPSA) is 69.6 Å². The lowest BCUT2D eigenvalue weighted by Crippen LogP contribution is -2.39. The second-order valence-corrected chi connectivity index (χ2v) is 7.09. The Morgan fingerprint density at radius 3 is 2.33 bits per heavy atom. The normalized spacial score (nSPS) is 16.6. The van der Waals surface area contributed by atoms with Gasteiger partial charge < -0.3 is 15.3 Å². The van der Waals surface area contributed by atoms with Gasteiger partial charge >= 0.3 is 5.97 Å². The van der Waals surface area contributed by atoms with Gasteiger partial charge in [-0.3, -0.25) is 4.79 Å². The van der Waals surface area contributed by atoms with E-state index in [1.165, 1.54) is 12.8 Å². The molecular formula is C22H26N2O3. The van der Waals surface area contributed by atoms with Crippen molar-refractivity contribution in [1.29, 1.82) is 0 Å². The largest absolute Gasteiger partial charge is 0.478 e. The quantitative estimate of drug-likeness (QED) is 0.788. The maximum absolute atomic E-state index is 13.0. The van der Waals surface area contributed by atoms with E-state index in [4.69, 9.17) is 0 Å². The molecule has 0 radical (unpaired) electrons. The van der Waals surface area contributed by atoms with Crippen molar-refractivity contribution in [2.75, 3.05) is 19.6 Å². The number of aromatic carboxylic acids is 1. The highest BCUT2D eigenvalue weighted by Crippen LogP contribution is 2.23. The molecule has 0 saturated carbocycles. The fourth-order valence-electron chi connectivity index (χ4n) is 3.65. The maximum Gasteiger partial charge on any atom is 0.335 e. The molecule has 142 valence electrons. The zero-order valence-electron chi connectivity index (χ0n) is 15.6. The lowest BCUT2D eigenvalue weighted by atomic mass is 9.94. The Labute approximate surface area is 160 Å². The van der Waals surface area contributed by atoms with E-state index in [9.17, 15) is 14.7 Å². The summed E-state index contributed by atoms with van der Waals surface area (Å²) in [5, 5.41) is 12.6. The molecule has 27 heavy (non-hydrogen) atoms. The Morgan fingerprint density at radius 2 is 1.67 bits per heavy atom. The zero-order valence-corrected chi connectivity index (χ0v) is 15.6. The molecule has 1 heterocycles. The second kappa shape index (κ2) is 8.82. The Hall–Kier alpha value is -2.66. The van der Waals surface area contributed by atoms with Gasteiger partial charge in [0, 0.05) is 6.54 Å². The average Bonchev–Trinajstić information content (AvgIpc) is 3.20. The number of carbonyl (C=O) groups excluding carboxylic acids is 1. The van der Waals surface area contributed by atoms with E-state index >= 15 is 0 Å². The van der Waals surface area contributed by atoms with Gasteiger partial charge in [-0.15, -0.1) is 0 Å². The molecule has 2 atom stereocenters. The molecule has 2 aromatic rings. The molecule has 0 aliphatic carbocycles. The summed E-state index contributed by atoms with van der Waals surface area (Å²) in [4.78, 5) is 26.8. The van der Waals surface area contributed by atoms with E-state index in [1.54, 1.807) is 31.2 Å². The van der Waals surface area contributed by atoms with E-state index in [1.807, 2.05) is 30.3 Å². The highest BCUT2D eigenvalue weighted by Gasteiger charge is 2.25. The van der Waals surface area contributed by atoms with Crippen LogP contribution in [0.25, 0.3) is 0 Å². The van der Waals surface area contributed by atoms with Crippen molar-refractivity contribution >= 4 is 11.9 Å². The van der Waals surface area contributed by atoms with Crippen LogP contribution in [0.15, 0.2) is 54.6 Å². The predicted molar refractivity (Wildman–Crippen MR) is 105 cm³/mol. The number of nitrogens with zero attached hydrogens (tertiary/aromatic N) is 1. The third kappa shape index (κ3) is 4.74. The number of amides is 1. The van der Waals surface area contributed by atoms with Crippen molar-refractivity contribution in [3.63, 3.8) is 0 Å². The molecule has 0 spiro atoms.